The van der Waals surface area contributed by atoms with Crippen LogP contribution in [0, 0.1) is 0 Å². The van der Waals surface area contributed by atoms with Crippen molar-refractivity contribution >= 4 is 34.8 Å². The second-order valence-electron chi connectivity index (χ2n) is 5.59. The SMILES string of the molecule is C=CCOc1ccc(CN(C)CC(=O)Nc2ccc(Cl)cc2Cl)cc1. The highest BCUT2D eigenvalue weighted by atomic mass is 35.5. The Labute approximate surface area is 158 Å². The molecule has 2 rings (SSSR count). The predicted molar refractivity (Wildman–Crippen MR) is 104 cm³/mol. The van der Waals surface area contributed by atoms with Gasteiger partial charge in [-0.25, -0.2) is 0 Å². The average Bonchev–Trinajstić information content (AvgIpc) is 2.56. The summed E-state index contributed by atoms with van der Waals surface area (Å²) >= 11 is 11.9. The molecule has 0 atom stereocenters. The highest BCUT2D eigenvalue weighted by Gasteiger charge is 2.10. The summed E-state index contributed by atoms with van der Waals surface area (Å²) in [5, 5.41) is 3.73. The smallest absolute Gasteiger partial charge is 0.238 e. The minimum atomic E-state index is -0.141. The number of nitrogens with zero attached hydrogens (tertiary/aromatic N) is 1. The number of halogens is 2. The molecule has 0 aliphatic carbocycles. The van der Waals surface area contributed by atoms with E-state index in [2.05, 4.69) is 11.9 Å². The second kappa shape index (κ2) is 9.47. The summed E-state index contributed by atoms with van der Waals surface area (Å²) in [4.78, 5) is 14.1. The lowest BCUT2D eigenvalue weighted by Gasteiger charge is -2.17. The zero-order valence-electron chi connectivity index (χ0n) is 14.0. The van der Waals surface area contributed by atoms with E-state index in [0.717, 1.165) is 11.3 Å². The maximum absolute atomic E-state index is 12.1. The molecular weight excluding hydrogens is 359 g/mol. The lowest BCUT2D eigenvalue weighted by Crippen LogP contribution is -2.29. The molecule has 4 nitrogen and oxygen atoms in total. The Kier molecular flexibility index (Phi) is 7.31. The molecule has 6 heteroatoms. The van der Waals surface area contributed by atoms with Crippen LogP contribution in [0.3, 0.4) is 0 Å². The molecule has 2 aromatic rings. The van der Waals surface area contributed by atoms with Crippen LogP contribution in [-0.4, -0.2) is 31.0 Å². The number of ether oxygens (including phenoxy) is 1. The lowest BCUT2D eigenvalue weighted by molar-refractivity contribution is -0.117. The Balaban J connectivity index is 1.85. The number of benzene rings is 2. The molecule has 0 aliphatic rings. The van der Waals surface area contributed by atoms with Crippen molar-refractivity contribution in [2.45, 2.75) is 6.54 Å². The Hall–Kier alpha value is -2.01. The first-order chi connectivity index (χ1) is 12.0. The van der Waals surface area contributed by atoms with Gasteiger partial charge in [0.1, 0.15) is 12.4 Å². The topological polar surface area (TPSA) is 41.6 Å². The molecule has 0 aromatic heterocycles. The number of amides is 1. The average molecular weight is 379 g/mol. The van der Waals surface area contributed by atoms with E-state index in [9.17, 15) is 4.79 Å². The van der Waals surface area contributed by atoms with Gasteiger partial charge in [0.25, 0.3) is 0 Å². The van der Waals surface area contributed by atoms with Gasteiger partial charge in [-0.15, -0.1) is 0 Å². The lowest BCUT2D eigenvalue weighted by atomic mass is 10.2. The van der Waals surface area contributed by atoms with Crippen LogP contribution in [0.2, 0.25) is 10.0 Å². The Morgan fingerprint density at radius 3 is 2.60 bits per heavy atom. The molecule has 0 radical (unpaired) electrons. The Morgan fingerprint density at radius 2 is 1.96 bits per heavy atom. The van der Waals surface area contributed by atoms with E-state index < -0.39 is 0 Å². The molecule has 0 heterocycles. The zero-order valence-corrected chi connectivity index (χ0v) is 15.5. The molecule has 0 fully saturated rings. The summed E-state index contributed by atoms with van der Waals surface area (Å²) in [6.07, 6.45) is 1.70. The van der Waals surface area contributed by atoms with Crippen LogP contribution in [0.4, 0.5) is 5.69 Å². The number of hydrogen-bond acceptors (Lipinski definition) is 3. The molecule has 0 unspecified atom stereocenters. The van der Waals surface area contributed by atoms with E-state index in [1.165, 1.54) is 0 Å². The number of likely N-dealkylation sites (N-methyl/N-ethyl adjacent to an activating group) is 1. The van der Waals surface area contributed by atoms with Crippen molar-refractivity contribution in [3.8, 4) is 5.75 Å². The molecule has 132 valence electrons. The van der Waals surface area contributed by atoms with Crippen molar-refractivity contribution in [1.29, 1.82) is 0 Å². The van der Waals surface area contributed by atoms with Crippen LogP contribution < -0.4 is 10.1 Å². The number of nitrogens with one attached hydrogen (secondary N) is 1. The number of carbonyl (C=O) groups is 1. The molecule has 2 aromatic carbocycles. The van der Waals surface area contributed by atoms with Crippen molar-refractivity contribution < 1.29 is 9.53 Å². The Morgan fingerprint density at radius 1 is 1.24 bits per heavy atom. The maximum atomic E-state index is 12.1. The van der Waals surface area contributed by atoms with Gasteiger partial charge in [0.15, 0.2) is 0 Å². The number of rotatable bonds is 8. The van der Waals surface area contributed by atoms with Crippen molar-refractivity contribution in [1.82, 2.24) is 4.90 Å². The van der Waals surface area contributed by atoms with E-state index in [4.69, 9.17) is 27.9 Å². The van der Waals surface area contributed by atoms with E-state index >= 15 is 0 Å². The molecule has 1 amide bonds. The molecule has 0 bridgehead atoms. The first kappa shape index (κ1) is 19.3. The standard InChI is InChI=1S/C19H20Cl2N2O2/c1-3-10-25-16-7-4-14(5-8-16)12-23(2)13-19(24)22-18-9-6-15(20)11-17(18)21/h3-9,11H,1,10,12-13H2,2H3,(H,22,24). The number of hydrogen-bond donors (Lipinski definition) is 1. The minimum absolute atomic E-state index is 0.141. The minimum Gasteiger partial charge on any atom is -0.490 e. The fourth-order valence-corrected chi connectivity index (χ4v) is 2.70. The van der Waals surface area contributed by atoms with Crippen LogP contribution in [0.1, 0.15) is 5.56 Å². The molecule has 0 aliphatic heterocycles. The van der Waals surface area contributed by atoms with Gasteiger partial charge in [-0.3, -0.25) is 9.69 Å². The third-order valence-corrected chi connectivity index (χ3v) is 3.91. The number of anilines is 1. The van der Waals surface area contributed by atoms with Crippen molar-refractivity contribution in [3.63, 3.8) is 0 Å². The molecule has 1 N–H and O–H groups in total. The third-order valence-electron chi connectivity index (χ3n) is 3.36. The van der Waals surface area contributed by atoms with Crippen LogP contribution in [-0.2, 0) is 11.3 Å². The first-order valence-corrected chi connectivity index (χ1v) is 8.49. The van der Waals surface area contributed by atoms with Gasteiger partial charge in [0.2, 0.25) is 5.91 Å². The van der Waals surface area contributed by atoms with E-state index in [1.807, 2.05) is 36.2 Å². The van der Waals surface area contributed by atoms with Crippen LogP contribution in [0.15, 0.2) is 55.1 Å². The quantitative estimate of drug-likeness (QED) is 0.680. The predicted octanol–water partition coefficient (Wildman–Crippen LogP) is 4.63. The first-order valence-electron chi connectivity index (χ1n) is 7.74. The van der Waals surface area contributed by atoms with Gasteiger partial charge in [-0.2, -0.15) is 0 Å². The summed E-state index contributed by atoms with van der Waals surface area (Å²) in [6.45, 7) is 4.98. The summed E-state index contributed by atoms with van der Waals surface area (Å²) in [5.74, 6) is 0.652. The monoisotopic (exact) mass is 378 g/mol. The summed E-state index contributed by atoms with van der Waals surface area (Å²) in [5.41, 5.74) is 1.64. The highest BCUT2D eigenvalue weighted by Crippen LogP contribution is 2.25. The zero-order chi connectivity index (χ0) is 18.2. The van der Waals surface area contributed by atoms with Gasteiger partial charge in [0.05, 0.1) is 17.3 Å². The molecule has 0 saturated heterocycles. The van der Waals surface area contributed by atoms with Gasteiger partial charge in [-0.05, 0) is 42.9 Å². The molecular formula is C19H20Cl2N2O2. The number of carbonyl (C=O) groups excluding carboxylic acids is 1. The highest BCUT2D eigenvalue weighted by molar-refractivity contribution is 6.36. The van der Waals surface area contributed by atoms with Crippen molar-refractivity contribution in [2.75, 3.05) is 25.5 Å². The van der Waals surface area contributed by atoms with Crippen LogP contribution >= 0.6 is 23.2 Å². The van der Waals surface area contributed by atoms with Crippen molar-refractivity contribution in [2.24, 2.45) is 0 Å². The maximum Gasteiger partial charge on any atom is 0.238 e. The normalized spacial score (nSPS) is 10.6. The summed E-state index contributed by atoms with van der Waals surface area (Å²) in [6, 6.07) is 12.7. The van der Waals surface area contributed by atoms with Crippen LogP contribution in [0.5, 0.6) is 5.75 Å². The van der Waals surface area contributed by atoms with Crippen LogP contribution in [0.25, 0.3) is 0 Å². The fraction of sp³-hybridized carbons (Fsp3) is 0.211. The Bertz CT molecular complexity index is 733. The molecule has 0 spiro atoms. The fourth-order valence-electron chi connectivity index (χ4n) is 2.24. The summed E-state index contributed by atoms with van der Waals surface area (Å²) < 4.78 is 5.45. The van der Waals surface area contributed by atoms with E-state index in [1.54, 1.807) is 24.3 Å². The van der Waals surface area contributed by atoms with Gasteiger partial charge < -0.3 is 10.1 Å². The molecule has 25 heavy (non-hydrogen) atoms. The third kappa shape index (κ3) is 6.42. The van der Waals surface area contributed by atoms with Gasteiger partial charge in [-0.1, -0.05) is 48.0 Å². The second-order valence-corrected chi connectivity index (χ2v) is 6.43. The van der Waals surface area contributed by atoms with Gasteiger partial charge >= 0.3 is 0 Å². The van der Waals surface area contributed by atoms with Gasteiger partial charge in [0, 0.05) is 11.6 Å². The van der Waals surface area contributed by atoms with Crippen molar-refractivity contribution in [3.05, 3.63) is 70.7 Å². The molecule has 0 saturated carbocycles. The largest absolute Gasteiger partial charge is 0.490 e. The van der Waals surface area contributed by atoms with E-state index in [0.29, 0.717) is 28.9 Å². The van der Waals surface area contributed by atoms with E-state index in [-0.39, 0.29) is 12.5 Å². The summed E-state index contributed by atoms with van der Waals surface area (Å²) in [7, 11) is 1.88.